The quantitative estimate of drug-likeness (QED) is 0.491. The third kappa shape index (κ3) is 5.57. The number of piperidine rings is 1. The molecule has 3 heterocycles. The number of nitrogens with one attached hydrogen (secondary N) is 2. The molecule has 1 saturated heterocycles. The molecule has 2 amide bonds. The summed E-state index contributed by atoms with van der Waals surface area (Å²) in [5, 5.41) is 6.05. The highest BCUT2D eigenvalue weighted by atomic mass is 16.3. The van der Waals surface area contributed by atoms with Crippen LogP contribution in [0.25, 0.3) is 0 Å². The van der Waals surface area contributed by atoms with Crippen molar-refractivity contribution in [3.8, 4) is 0 Å². The zero-order valence-corrected chi connectivity index (χ0v) is 19.9. The van der Waals surface area contributed by atoms with Crippen molar-refractivity contribution in [2.45, 2.75) is 38.3 Å². The number of anilines is 2. The Morgan fingerprint density at radius 1 is 1.09 bits per heavy atom. The predicted molar refractivity (Wildman–Crippen MR) is 137 cm³/mol. The molecule has 5 rings (SSSR count). The maximum absolute atomic E-state index is 12.9. The highest BCUT2D eigenvalue weighted by molar-refractivity contribution is 6.05. The number of furan rings is 1. The van der Waals surface area contributed by atoms with Crippen LogP contribution in [0, 0.1) is 0 Å². The Balaban J connectivity index is 1.19. The van der Waals surface area contributed by atoms with Gasteiger partial charge < -0.3 is 20.0 Å². The van der Waals surface area contributed by atoms with Crippen LogP contribution in [0.3, 0.4) is 0 Å². The second kappa shape index (κ2) is 10.8. The van der Waals surface area contributed by atoms with E-state index in [1.165, 1.54) is 5.56 Å². The molecule has 2 aromatic carbocycles. The minimum absolute atomic E-state index is 0.0294. The van der Waals surface area contributed by atoms with Crippen LogP contribution in [0.2, 0.25) is 0 Å². The Hall–Kier alpha value is -3.58. The molecule has 1 aromatic heterocycles. The van der Waals surface area contributed by atoms with Crippen molar-refractivity contribution in [2.75, 3.05) is 36.4 Å². The number of rotatable bonds is 9. The van der Waals surface area contributed by atoms with Crippen LogP contribution in [-0.4, -0.2) is 48.9 Å². The summed E-state index contributed by atoms with van der Waals surface area (Å²) in [4.78, 5) is 29.9. The molecule has 1 unspecified atom stereocenters. The fraction of sp³-hybridized carbons (Fsp3) is 0.357. The monoisotopic (exact) mass is 472 g/mol. The van der Waals surface area contributed by atoms with Gasteiger partial charge in [0.1, 0.15) is 11.8 Å². The summed E-state index contributed by atoms with van der Waals surface area (Å²) in [5.41, 5.74) is 3.58. The summed E-state index contributed by atoms with van der Waals surface area (Å²) in [6.45, 7) is 3.66. The normalized spacial score (nSPS) is 17.0. The van der Waals surface area contributed by atoms with Crippen molar-refractivity contribution in [3.63, 3.8) is 0 Å². The summed E-state index contributed by atoms with van der Waals surface area (Å²) in [7, 11) is 0. The molecule has 0 radical (unpaired) electrons. The third-order valence-electron chi connectivity index (χ3n) is 6.86. The van der Waals surface area contributed by atoms with Crippen molar-refractivity contribution < 1.29 is 14.0 Å². The summed E-state index contributed by atoms with van der Waals surface area (Å²) >= 11 is 0. The molecule has 0 saturated carbocycles. The van der Waals surface area contributed by atoms with E-state index in [2.05, 4.69) is 44.7 Å². The first-order valence-corrected chi connectivity index (χ1v) is 12.5. The van der Waals surface area contributed by atoms with Gasteiger partial charge in [-0.3, -0.25) is 14.5 Å². The summed E-state index contributed by atoms with van der Waals surface area (Å²) in [5.74, 6) is 0.802. The number of benzene rings is 2. The van der Waals surface area contributed by atoms with Crippen molar-refractivity contribution in [2.24, 2.45) is 0 Å². The average molecular weight is 473 g/mol. The molecular weight excluding hydrogens is 440 g/mol. The van der Waals surface area contributed by atoms with E-state index in [9.17, 15) is 9.59 Å². The van der Waals surface area contributed by atoms with Crippen LogP contribution in [0.15, 0.2) is 71.3 Å². The van der Waals surface area contributed by atoms with E-state index in [1.54, 1.807) is 12.3 Å². The van der Waals surface area contributed by atoms with Gasteiger partial charge in [0.25, 0.3) is 5.91 Å². The Bertz CT molecular complexity index is 1150. The number of nitrogens with zero attached hydrogens (tertiary/aromatic N) is 2. The largest absolute Gasteiger partial charge is 0.468 e. The van der Waals surface area contributed by atoms with Gasteiger partial charge in [-0.05, 0) is 61.6 Å². The van der Waals surface area contributed by atoms with Crippen LogP contribution in [0.5, 0.6) is 0 Å². The van der Waals surface area contributed by atoms with Crippen LogP contribution in [-0.2, 0) is 17.8 Å². The lowest BCUT2D eigenvalue weighted by molar-refractivity contribution is -0.118. The van der Waals surface area contributed by atoms with Gasteiger partial charge in [-0.2, -0.15) is 0 Å². The lowest BCUT2D eigenvalue weighted by Crippen LogP contribution is -2.50. The van der Waals surface area contributed by atoms with E-state index >= 15 is 0 Å². The van der Waals surface area contributed by atoms with Gasteiger partial charge in [-0.1, -0.05) is 30.3 Å². The van der Waals surface area contributed by atoms with E-state index in [-0.39, 0.29) is 17.9 Å². The SMILES string of the molecule is O=C(NCCN(CCc1ccccc1)Cc1ccco1)c1ccc2c(c1)NC(=O)C1CCCCN21. The van der Waals surface area contributed by atoms with E-state index in [0.29, 0.717) is 25.2 Å². The fourth-order valence-electron chi connectivity index (χ4n) is 4.99. The first-order chi connectivity index (χ1) is 17.2. The van der Waals surface area contributed by atoms with Gasteiger partial charge in [0.2, 0.25) is 5.91 Å². The van der Waals surface area contributed by atoms with Crippen molar-refractivity contribution in [3.05, 3.63) is 83.8 Å². The number of hydrogen-bond acceptors (Lipinski definition) is 5. The van der Waals surface area contributed by atoms with Gasteiger partial charge in [0.05, 0.1) is 24.2 Å². The first-order valence-electron chi connectivity index (χ1n) is 12.5. The number of hydrogen-bond donors (Lipinski definition) is 2. The molecule has 2 aliphatic heterocycles. The van der Waals surface area contributed by atoms with Crippen LogP contribution in [0.4, 0.5) is 11.4 Å². The summed E-state index contributed by atoms with van der Waals surface area (Å²) < 4.78 is 5.54. The molecule has 7 heteroatoms. The topological polar surface area (TPSA) is 77.8 Å². The van der Waals surface area contributed by atoms with Crippen LogP contribution in [0.1, 0.15) is 40.9 Å². The highest BCUT2D eigenvalue weighted by Crippen LogP contribution is 2.36. The molecule has 35 heavy (non-hydrogen) atoms. The van der Waals surface area contributed by atoms with Crippen molar-refractivity contribution in [1.82, 2.24) is 10.2 Å². The third-order valence-corrected chi connectivity index (χ3v) is 6.86. The molecule has 1 atom stereocenters. The van der Waals surface area contributed by atoms with E-state index < -0.39 is 0 Å². The smallest absolute Gasteiger partial charge is 0.251 e. The van der Waals surface area contributed by atoms with Crippen molar-refractivity contribution in [1.29, 1.82) is 0 Å². The van der Waals surface area contributed by atoms with Crippen LogP contribution < -0.4 is 15.5 Å². The van der Waals surface area contributed by atoms with Crippen molar-refractivity contribution >= 4 is 23.2 Å². The van der Waals surface area contributed by atoms with E-state index in [1.807, 2.05) is 30.3 Å². The highest BCUT2D eigenvalue weighted by Gasteiger charge is 2.34. The average Bonchev–Trinajstić information content (AvgIpc) is 3.41. The van der Waals surface area contributed by atoms with Gasteiger partial charge >= 0.3 is 0 Å². The Kier molecular flexibility index (Phi) is 7.14. The fourth-order valence-corrected chi connectivity index (χ4v) is 4.99. The Labute approximate surface area is 206 Å². The Morgan fingerprint density at radius 2 is 1.97 bits per heavy atom. The molecule has 2 aliphatic rings. The molecule has 7 nitrogen and oxygen atoms in total. The Morgan fingerprint density at radius 3 is 2.80 bits per heavy atom. The molecule has 0 aliphatic carbocycles. The maximum atomic E-state index is 12.9. The second-order valence-electron chi connectivity index (χ2n) is 9.27. The number of carbonyl (C=O) groups excluding carboxylic acids is 2. The van der Waals surface area contributed by atoms with E-state index in [4.69, 9.17) is 4.42 Å². The lowest BCUT2D eigenvalue weighted by Gasteiger charge is -2.41. The zero-order chi connectivity index (χ0) is 24.0. The standard InChI is InChI=1S/C28H32N4O3/c33-27(22-11-12-25-24(19-22)30-28(34)26-10-4-5-15-32(25)26)29-14-17-31(20-23-9-6-18-35-23)16-13-21-7-2-1-3-8-21/h1-3,6-9,11-12,18-19,26H,4-5,10,13-17,20H2,(H,29,33)(H,30,34). The zero-order valence-electron chi connectivity index (χ0n) is 19.9. The van der Waals surface area contributed by atoms with Gasteiger partial charge in [-0.15, -0.1) is 0 Å². The van der Waals surface area contributed by atoms with Gasteiger partial charge in [0, 0.05) is 31.7 Å². The molecule has 3 aromatic rings. The minimum Gasteiger partial charge on any atom is -0.468 e. The van der Waals surface area contributed by atoms with Crippen LogP contribution >= 0.6 is 0 Å². The van der Waals surface area contributed by atoms with Gasteiger partial charge in [0.15, 0.2) is 0 Å². The molecular formula is C28H32N4O3. The number of fused-ring (bicyclic) bond motifs is 3. The predicted octanol–water partition coefficient (Wildman–Crippen LogP) is 4.07. The molecule has 0 spiro atoms. The molecule has 182 valence electrons. The molecule has 0 bridgehead atoms. The number of carbonyl (C=O) groups is 2. The molecule has 1 fully saturated rings. The first kappa shape index (κ1) is 23.2. The maximum Gasteiger partial charge on any atom is 0.251 e. The van der Waals surface area contributed by atoms with E-state index in [0.717, 1.165) is 55.9 Å². The second-order valence-corrected chi connectivity index (χ2v) is 9.27. The minimum atomic E-state index is -0.135. The lowest BCUT2D eigenvalue weighted by atomic mass is 9.97. The summed E-state index contributed by atoms with van der Waals surface area (Å²) in [6.07, 6.45) is 5.66. The summed E-state index contributed by atoms with van der Waals surface area (Å²) in [6, 6.07) is 19.8. The number of amides is 2. The van der Waals surface area contributed by atoms with Gasteiger partial charge in [-0.25, -0.2) is 0 Å². The molecule has 2 N–H and O–H groups in total.